The predicted octanol–water partition coefficient (Wildman–Crippen LogP) is 0.930. The van der Waals surface area contributed by atoms with E-state index < -0.39 is 55.2 Å². The molecule has 2 aromatic carbocycles. The maximum Gasteiger partial charge on any atom is 0.526 e. The van der Waals surface area contributed by atoms with E-state index >= 15 is 0 Å². The van der Waals surface area contributed by atoms with Crippen molar-refractivity contribution in [2.45, 2.75) is 31.6 Å². The summed E-state index contributed by atoms with van der Waals surface area (Å²) >= 11 is 0. The number of hydrogen-bond acceptors (Lipinski definition) is 7. The zero-order valence-electron chi connectivity index (χ0n) is 21.3. The Morgan fingerprint density at radius 3 is 2.54 bits per heavy atom. The molecule has 4 rings (SSSR count). The van der Waals surface area contributed by atoms with Crippen LogP contribution < -0.4 is 15.7 Å². The van der Waals surface area contributed by atoms with E-state index in [0.29, 0.717) is 22.6 Å². The summed E-state index contributed by atoms with van der Waals surface area (Å²) in [6, 6.07) is 8.97. The van der Waals surface area contributed by atoms with Crippen LogP contribution >= 0.6 is 0 Å². The third-order valence-electron chi connectivity index (χ3n) is 6.91. The van der Waals surface area contributed by atoms with Gasteiger partial charge in [0.1, 0.15) is 18.5 Å². The zero-order chi connectivity index (χ0) is 28.3. The van der Waals surface area contributed by atoms with Gasteiger partial charge in [-0.25, -0.2) is 9.18 Å². The minimum absolute atomic E-state index is 0.0434. The van der Waals surface area contributed by atoms with Crippen LogP contribution in [-0.2, 0) is 20.8 Å². The summed E-state index contributed by atoms with van der Waals surface area (Å²) in [5.74, 6) is -3.38. The van der Waals surface area contributed by atoms with Gasteiger partial charge in [0.2, 0.25) is 5.91 Å². The number of nitrogens with one attached hydrogen (secondary N) is 1. The molecule has 0 spiro atoms. The average molecular weight is 538 g/mol. The van der Waals surface area contributed by atoms with Gasteiger partial charge >= 0.3 is 25.0 Å². The second kappa shape index (κ2) is 11.6. The molecule has 2 aromatic rings. The molecule has 204 valence electrons. The first kappa shape index (κ1) is 27.8. The van der Waals surface area contributed by atoms with Gasteiger partial charge < -0.3 is 25.6 Å². The van der Waals surface area contributed by atoms with Crippen molar-refractivity contribution in [2.75, 3.05) is 26.3 Å². The van der Waals surface area contributed by atoms with Crippen molar-refractivity contribution in [3.8, 4) is 5.75 Å². The Bertz CT molecular complexity index is 1310. The Morgan fingerprint density at radius 1 is 1.15 bits per heavy atom. The minimum atomic E-state index is -1.28. The number of urea groups is 1. The second-order valence-electron chi connectivity index (χ2n) is 9.51. The van der Waals surface area contributed by atoms with Crippen molar-refractivity contribution in [3.05, 3.63) is 64.7 Å². The number of hydrogen-bond donors (Lipinski definition) is 3. The number of amides is 5. The summed E-state index contributed by atoms with van der Waals surface area (Å²) in [4.78, 5) is 64.7. The monoisotopic (exact) mass is 538 g/mol. The third-order valence-corrected chi connectivity index (χ3v) is 6.91. The molecular formula is C26H28BFN4O7. The standard InChI is InChI=1S/C26H28BFN4O7/c1-15-3-2-4-18-13-19(27(38)39-22(15)18)14-20(33)21(16-5-7-17(8-6-16)23(29)34)30-26(37)32-12-11-31(10-9-28)24(35)25(32)36/h2-8,19,21,38H,9-14H2,1H3,(H2,29,34)(H,30,37)/t19-,21?/m1/s1. The first-order valence-corrected chi connectivity index (χ1v) is 12.4. The summed E-state index contributed by atoms with van der Waals surface area (Å²) in [6.07, 6.45) is 0.170. The van der Waals surface area contributed by atoms with E-state index in [9.17, 15) is 33.4 Å². The molecule has 1 saturated heterocycles. The minimum Gasteiger partial charge on any atom is -0.536 e. The average Bonchev–Trinajstić information content (AvgIpc) is 2.91. The topological polar surface area (TPSA) is 159 Å². The van der Waals surface area contributed by atoms with Crippen molar-refractivity contribution in [1.29, 1.82) is 0 Å². The first-order valence-electron chi connectivity index (χ1n) is 12.4. The highest BCUT2D eigenvalue weighted by molar-refractivity contribution is 6.46. The Balaban J connectivity index is 1.55. The Morgan fingerprint density at radius 2 is 1.87 bits per heavy atom. The normalized spacial score (nSPS) is 17.8. The van der Waals surface area contributed by atoms with Crippen LogP contribution in [0.2, 0.25) is 5.82 Å². The lowest BCUT2D eigenvalue weighted by Gasteiger charge is -2.33. The molecule has 4 N–H and O–H groups in total. The fourth-order valence-electron chi connectivity index (χ4n) is 4.77. The van der Waals surface area contributed by atoms with Crippen molar-refractivity contribution >= 4 is 36.7 Å². The molecule has 2 aliphatic rings. The van der Waals surface area contributed by atoms with Crippen LogP contribution in [0.5, 0.6) is 5.75 Å². The number of primary amides is 1. The number of halogens is 1. The van der Waals surface area contributed by atoms with Crippen molar-refractivity contribution in [1.82, 2.24) is 15.1 Å². The smallest absolute Gasteiger partial charge is 0.526 e. The Kier molecular flexibility index (Phi) is 8.29. The molecular weight excluding hydrogens is 510 g/mol. The van der Waals surface area contributed by atoms with Gasteiger partial charge in [-0.1, -0.05) is 30.3 Å². The number of alkyl halides is 1. The molecule has 39 heavy (non-hydrogen) atoms. The molecule has 13 heteroatoms. The van der Waals surface area contributed by atoms with Gasteiger partial charge in [0.15, 0.2) is 5.78 Å². The van der Waals surface area contributed by atoms with E-state index in [1.165, 1.54) is 24.3 Å². The van der Waals surface area contributed by atoms with Crippen LogP contribution in [-0.4, -0.2) is 77.8 Å². The summed E-state index contributed by atoms with van der Waals surface area (Å²) in [5, 5.41) is 13.1. The van der Waals surface area contributed by atoms with E-state index in [1.54, 1.807) is 0 Å². The third kappa shape index (κ3) is 5.93. The molecule has 2 heterocycles. The summed E-state index contributed by atoms with van der Waals surface area (Å²) in [7, 11) is -1.26. The van der Waals surface area contributed by atoms with E-state index in [0.717, 1.165) is 16.0 Å². The van der Waals surface area contributed by atoms with Crippen molar-refractivity contribution in [2.24, 2.45) is 5.73 Å². The number of nitrogens with two attached hydrogens (primary N) is 1. The zero-order valence-corrected chi connectivity index (χ0v) is 21.3. The maximum absolute atomic E-state index is 13.6. The molecule has 0 saturated carbocycles. The highest BCUT2D eigenvalue weighted by atomic mass is 19.1. The van der Waals surface area contributed by atoms with Gasteiger partial charge in [0.05, 0.1) is 0 Å². The molecule has 0 aliphatic carbocycles. The number of aryl methyl sites for hydroxylation is 1. The number of ketones is 1. The maximum atomic E-state index is 13.6. The van der Waals surface area contributed by atoms with Crippen LogP contribution in [0.1, 0.15) is 39.5 Å². The number of Topliss-reactive ketones (excluding diaryl/α,β-unsaturated/α-hetero) is 1. The second-order valence-corrected chi connectivity index (χ2v) is 9.51. The van der Waals surface area contributed by atoms with Gasteiger partial charge in [-0.15, -0.1) is 0 Å². The molecule has 11 nitrogen and oxygen atoms in total. The number of carbonyl (C=O) groups is 5. The van der Waals surface area contributed by atoms with E-state index in [1.807, 2.05) is 25.1 Å². The van der Waals surface area contributed by atoms with E-state index in [4.69, 9.17) is 10.4 Å². The molecule has 1 unspecified atom stereocenters. The summed E-state index contributed by atoms with van der Waals surface area (Å²) in [6.45, 7) is 0.537. The number of nitrogens with zero attached hydrogens (tertiary/aromatic N) is 2. The molecule has 1 fully saturated rings. The number of para-hydroxylation sites is 1. The van der Waals surface area contributed by atoms with Gasteiger partial charge in [-0.3, -0.25) is 24.1 Å². The highest BCUT2D eigenvalue weighted by Gasteiger charge is 2.40. The van der Waals surface area contributed by atoms with Gasteiger partial charge in [0.25, 0.3) is 0 Å². The van der Waals surface area contributed by atoms with Crippen LogP contribution in [0.15, 0.2) is 42.5 Å². The number of piperazine rings is 1. The largest absolute Gasteiger partial charge is 0.536 e. The van der Waals surface area contributed by atoms with Gasteiger partial charge in [-0.2, -0.15) is 0 Å². The van der Waals surface area contributed by atoms with E-state index in [2.05, 4.69) is 5.32 Å². The quantitative estimate of drug-likeness (QED) is 0.333. The Hall–Kier alpha value is -4.26. The molecule has 2 aliphatic heterocycles. The lowest BCUT2D eigenvalue weighted by Crippen LogP contribution is -2.59. The lowest BCUT2D eigenvalue weighted by molar-refractivity contribution is -0.153. The van der Waals surface area contributed by atoms with Crippen LogP contribution in [0, 0.1) is 6.92 Å². The Labute approximate surface area is 224 Å². The number of carbonyl (C=O) groups excluding carboxylic acids is 5. The van der Waals surface area contributed by atoms with Crippen molar-refractivity contribution < 1.29 is 38.0 Å². The van der Waals surface area contributed by atoms with Gasteiger partial charge in [0, 0.05) is 37.4 Å². The molecule has 0 bridgehead atoms. The van der Waals surface area contributed by atoms with E-state index in [-0.39, 0.29) is 31.6 Å². The number of imide groups is 1. The fourth-order valence-corrected chi connectivity index (χ4v) is 4.77. The number of fused-ring (bicyclic) bond motifs is 1. The SMILES string of the molecule is Cc1cccc2c1OB(O)[C@@H](CC(=O)C(NC(=O)N1CCN(CCF)C(=O)C1=O)c1ccc(C(N)=O)cc1)C2. The predicted molar refractivity (Wildman–Crippen MR) is 137 cm³/mol. The number of rotatable bonds is 8. The fraction of sp³-hybridized carbons (Fsp3) is 0.346. The lowest BCUT2D eigenvalue weighted by atomic mass is 9.64. The molecule has 2 atom stereocenters. The van der Waals surface area contributed by atoms with Crippen LogP contribution in [0.25, 0.3) is 0 Å². The molecule has 0 radical (unpaired) electrons. The van der Waals surface area contributed by atoms with Gasteiger partial charge in [-0.05, 0) is 42.2 Å². The summed E-state index contributed by atoms with van der Waals surface area (Å²) < 4.78 is 18.4. The van der Waals surface area contributed by atoms with Crippen molar-refractivity contribution in [3.63, 3.8) is 0 Å². The summed E-state index contributed by atoms with van der Waals surface area (Å²) in [5.41, 5.74) is 7.47. The molecule has 5 amide bonds. The first-order chi connectivity index (χ1) is 18.6. The molecule has 0 aromatic heterocycles. The number of benzene rings is 2. The van der Waals surface area contributed by atoms with Crippen LogP contribution in [0.3, 0.4) is 0 Å². The van der Waals surface area contributed by atoms with Crippen LogP contribution in [0.4, 0.5) is 9.18 Å². The highest BCUT2D eigenvalue weighted by Crippen LogP contribution is 2.36.